The Morgan fingerprint density at radius 1 is 1.19 bits per heavy atom. The minimum Gasteiger partial charge on any atom is -0.481 e. The molecule has 2 aliphatic heterocycles. The van der Waals surface area contributed by atoms with Crippen LogP contribution in [0.2, 0.25) is 0 Å². The maximum Gasteiger partial charge on any atom is 0.310 e. The van der Waals surface area contributed by atoms with Crippen molar-refractivity contribution >= 4 is 29.3 Å². The molecule has 2 N–H and O–H groups in total. The highest BCUT2D eigenvalue weighted by Crippen LogP contribution is 2.40. The van der Waals surface area contributed by atoms with Crippen LogP contribution in [0, 0.1) is 11.8 Å². The molecule has 0 unspecified atom stereocenters. The molecule has 2 aliphatic rings. The number of amides is 1. The lowest BCUT2D eigenvalue weighted by Gasteiger charge is -2.21. The van der Waals surface area contributed by atoms with Gasteiger partial charge >= 0.3 is 5.97 Å². The maximum absolute atomic E-state index is 12.5. The number of carbonyl (C=O) groups excluding carboxylic acids is 1. The molecule has 21 heavy (non-hydrogen) atoms. The topological polar surface area (TPSA) is 75.6 Å². The molecule has 1 aromatic carbocycles. The number of benzene rings is 1. The number of hydrogen-bond acceptors (Lipinski definition) is 4. The molecule has 110 valence electrons. The van der Waals surface area contributed by atoms with E-state index in [2.05, 4.69) is 5.32 Å². The Hall–Kier alpha value is -1.79. The molecular weight excluding hydrogens is 290 g/mol. The molecule has 1 fully saturated rings. The molecule has 0 aliphatic carbocycles. The Kier molecular flexibility index (Phi) is 3.73. The summed E-state index contributed by atoms with van der Waals surface area (Å²) in [6, 6.07) is 7.45. The predicted molar refractivity (Wildman–Crippen MR) is 79.3 cm³/mol. The number of aliphatic carboxylic acids is 1. The fourth-order valence-corrected chi connectivity index (χ4v) is 3.43. The first-order chi connectivity index (χ1) is 10.1. The Morgan fingerprint density at radius 2 is 1.86 bits per heavy atom. The second-order valence-electron chi connectivity index (χ2n) is 5.03. The minimum atomic E-state index is -0.995. The number of anilines is 1. The van der Waals surface area contributed by atoms with Crippen LogP contribution < -0.4 is 5.32 Å². The SMILES string of the molecule is CSc1ccccc1NC(=O)[C@@H]1[C@@H](C(=O)O)[C@H]2C=C[C@H]1O2. The molecule has 1 amide bonds. The van der Waals surface area contributed by atoms with E-state index >= 15 is 0 Å². The Labute approximate surface area is 126 Å². The van der Waals surface area contributed by atoms with E-state index in [0.29, 0.717) is 5.69 Å². The fraction of sp³-hybridized carbons (Fsp3) is 0.333. The van der Waals surface area contributed by atoms with E-state index in [4.69, 9.17) is 4.74 Å². The lowest BCUT2D eigenvalue weighted by molar-refractivity contribution is -0.145. The summed E-state index contributed by atoms with van der Waals surface area (Å²) in [6.07, 6.45) is 4.48. The third-order valence-corrected chi connectivity index (χ3v) is 4.65. The molecule has 0 saturated carbocycles. The number of para-hydroxylation sites is 1. The van der Waals surface area contributed by atoms with Crippen LogP contribution in [-0.2, 0) is 14.3 Å². The van der Waals surface area contributed by atoms with Crippen molar-refractivity contribution in [2.24, 2.45) is 11.8 Å². The van der Waals surface area contributed by atoms with Gasteiger partial charge in [0.15, 0.2) is 0 Å². The Balaban J connectivity index is 1.82. The zero-order valence-electron chi connectivity index (χ0n) is 11.4. The van der Waals surface area contributed by atoms with Crippen molar-refractivity contribution < 1.29 is 19.4 Å². The highest BCUT2D eigenvalue weighted by atomic mass is 32.2. The summed E-state index contributed by atoms with van der Waals surface area (Å²) >= 11 is 1.53. The van der Waals surface area contributed by atoms with Crippen molar-refractivity contribution in [3.05, 3.63) is 36.4 Å². The summed E-state index contributed by atoms with van der Waals surface area (Å²) in [6.45, 7) is 0. The van der Waals surface area contributed by atoms with Gasteiger partial charge in [0.1, 0.15) is 5.92 Å². The quantitative estimate of drug-likeness (QED) is 0.657. The first-order valence-electron chi connectivity index (χ1n) is 6.62. The third kappa shape index (κ3) is 2.45. The second kappa shape index (κ2) is 5.54. The third-order valence-electron chi connectivity index (χ3n) is 3.85. The van der Waals surface area contributed by atoms with Crippen LogP contribution in [0.5, 0.6) is 0 Å². The maximum atomic E-state index is 12.5. The molecule has 2 bridgehead atoms. The summed E-state index contributed by atoms with van der Waals surface area (Å²) < 4.78 is 5.52. The summed E-state index contributed by atoms with van der Waals surface area (Å²) in [7, 11) is 0. The van der Waals surface area contributed by atoms with E-state index in [1.165, 1.54) is 11.8 Å². The second-order valence-corrected chi connectivity index (χ2v) is 5.88. The summed E-state index contributed by atoms with van der Waals surface area (Å²) in [5.74, 6) is -2.81. The first-order valence-corrected chi connectivity index (χ1v) is 7.85. The highest BCUT2D eigenvalue weighted by molar-refractivity contribution is 7.98. The summed E-state index contributed by atoms with van der Waals surface area (Å²) in [5, 5.41) is 12.2. The lowest BCUT2D eigenvalue weighted by Crippen LogP contribution is -2.39. The molecule has 4 atom stereocenters. The van der Waals surface area contributed by atoms with Crippen molar-refractivity contribution in [2.45, 2.75) is 17.1 Å². The van der Waals surface area contributed by atoms with Gasteiger partial charge in [-0.1, -0.05) is 24.3 Å². The predicted octanol–water partition coefficient (Wildman–Crippen LogP) is 2.00. The van der Waals surface area contributed by atoms with Gasteiger partial charge in [-0.15, -0.1) is 11.8 Å². The van der Waals surface area contributed by atoms with E-state index < -0.39 is 30.0 Å². The molecule has 1 aromatic rings. The molecule has 1 saturated heterocycles. The van der Waals surface area contributed by atoms with E-state index in [0.717, 1.165) is 4.90 Å². The molecular formula is C15H15NO4S. The van der Waals surface area contributed by atoms with Crippen LogP contribution in [0.3, 0.4) is 0 Å². The number of ether oxygens (including phenoxy) is 1. The van der Waals surface area contributed by atoms with Gasteiger partial charge in [-0.05, 0) is 18.4 Å². The van der Waals surface area contributed by atoms with Crippen molar-refractivity contribution in [3.63, 3.8) is 0 Å². The van der Waals surface area contributed by atoms with E-state index in [1.54, 1.807) is 12.2 Å². The normalized spacial score (nSPS) is 29.6. The van der Waals surface area contributed by atoms with Crippen molar-refractivity contribution in [1.82, 2.24) is 0 Å². The van der Waals surface area contributed by atoms with Gasteiger partial charge in [-0.25, -0.2) is 0 Å². The van der Waals surface area contributed by atoms with Gasteiger partial charge in [0.05, 0.1) is 23.8 Å². The highest BCUT2D eigenvalue weighted by Gasteiger charge is 2.53. The van der Waals surface area contributed by atoms with Gasteiger partial charge in [-0.2, -0.15) is 0 Å². The number of carboxylic acid groups (broad SMARTS) is 1. The van der Waals surface area contributed by atoms with Crippen LogP contribution >= 0.6 is 11.8 Å². The van der Waals surface area contributed by atoms with Gasteiger partial charge in [-0.3, -0.25) is 9.59 Å². The van der Waals surface area contributed by atoms with Crippen molar-refractivity contribution in [2.75, 3.05) is 11.6 Å². The Bertz CT molecular complexity index is 615. The zero-order valence-corrected chi connectivity index (χ0v) is 12.2. The van der Waals surface area contributed by atoms with Crippen LogP contribution in [0.4, 0.5) is 5.69 Å². The van der Waals surface area contributed by atoms with Gasteiger partial charge in [0, 0.05) is 4.90 Å². The Morgan fingerprint density at radius 3 is 2.52 bits per heavy atom. The smallest absolute Gasteiger partial charge is 0.310 e. The van der Waals surface area contributed by atoms with E-state index in [-0.39, 0.29) is 5.91 Å². The van der Waals surface area contributed by atoms with Gasteiger partial charge in [0.2, 0.25) is 5.91 Å². The average Bonchev–Trinajstić information content (AvgIpc) is 3.08. The molecule has 0 aromatic heterocycles. The van der Waals surface area contributed by atoms with E-state index in [9.17, 15) is 14.7 Å². The molecule has 3 rings (SSSR count). The number of rotatable bonds is 4. The molecule has 2 heterocycles. The molecule has 0 radical (unpaired) electrons. The molecule has 5 nitrogen and oxygen atoms in total. The van der Waals surface area contributed by atoms with Crippen LogP contribution in [0.25, 0.3) is 0 Å². The monoisotopic (exact) mass is 305 g/mol. The fourth-order valence-electron chi connectivity index (χ4n) is 2.88. The number of carboxylic acids is 1. The van der Waals surface area contributed by atoms with Crippen LogP contribution in [-0.4, -0.2) is 35.4 Å². The zero-order chi connectivity index (χ0) is 15.0. The minimum absolute atomic E-state index is 0.305. The van der Waals surface area contributed by atoms with Crippen LogP contribution in [0.1, 0.15) is 0 Å². The van der Waals surface area contributed by atoms with Crippen molar-refractivity contribution in [3.8, 4) is 0 Å². The largest absolute Gasteiger partial charge is 0.481 e. The van der Waals surface area contributed by atoms with Crippen molar-refractivity contribution in [1.29, 1.82) is 0 Å². The number of hydrogen-bond donors (Lipinski definition) is 2. The lowest BCUT2D eigenvalue weighted by atomic mass is 9.82. The standard InChI is InChI=1S/C15H15NO4S/c1-21-11-5-3-2-4-8(11)16-14(17)12-9-6-7-10(20-9)13(12)15(18)19/h2-7,9-10,12-13H,1H3,(H,16,17)(H,18,19)/t9-,10-,12+,13+/m1/s1. The number of thioether (sulfide) groups is 1. The molecule has 0 spiro atoms. The number of fused-ring (bicyclic) bond motifs is 2. The average molecular weight is 305 g/mol. The van der Waals surface area contributed by atoms with Gasteiger partial charge in [0.25, 0.3) is 0 Å². The molecule has 6 heteroatoms. The summed E-state index contributed by atoms with van der Waals surface area (Å²) in [5.41, 5.74) is 0.700. The number of nitrogens with one attached hydrogen (secondary N) is 1. The van der Waals surface area contributed by atoms with E-state index in [1.807, 2.05) is 30.5 Å². The van der Waals surface area contributed by atoms with Crippen LogP contribution in [0.15, 0.2) is 41.3 Å². The first kappa shape index (κ1) is 14.2. The summed E-state index contributed by atoms with van der Waals surface area (Å²) in [4.78, 5) is 24.8. The number of carbonyl (C=O) groups is 2. The van der Waals surface area contributed by atoms with Gasteiger partial charge < -0.3 is 15.2 Å².